The van der Waals surface area contributed by atoms with Crippen LogP contribution in [0.1, 0.15) is 33.1 Å². The molecular weight excluding hydrogens is 176 g/mol. The van der Waals surface area contributed by atoms with Crippen molar-refractivity contribution in [2.24, 2.45) is 5.73 Å². The van der Waals surface area contributed by atoms with Gasteiger partial charge in [0, 0.05) is 19.7 Å². The van der Waals surface area contributed by atoms with E-state index < -0.39 is 0 Å². The number of nitrogens with two attached hydrogens (primary N) is 1. The highest BCUT2D eigenvalue weighted by Crippen LogP contribution is 2.28. The Morgan fingerprint density at radius 3 is 2.71 bits per heavy atom. The summed E-state index contributed by atoms with van der Waals surface area (Å²) in [7, 11) is 1.82. The molecule has 1 aliphatic rings. The number of likely N-dealkylation sites (tertiary alicyclic amines) is 1. The molecule has 1 saturated heterocycles. The molecule has 3 nitrogen and oxygen atoms in total. The van der Waals surface area contributed by atoms with E-state index in [1.165, 1.54) is 13.0 Å². The van der Waals surface area contributed by atoms with Gasteiger partial charge in [0.25, 0.3) is 0 Å². The second-order valence-corrected chi connectivity index (χ2v) is 4.59. The molecule has 0 aliphatic carbocycles. The van der Waals surface area contributed by atoms with Gasteiger partial charge in [-0.2, -0.15) is 0 Å². The van der Waals surface area contributed by atoms with Crippen LogP contribution in [0, 0.1) is 0 Å². The monoisotopic (exact) mass is 200 g/mol. The first-order valence-electron chi connectivity index (χ1n) is 5.63. The fourth-order valence-electron chi connectivity index (χ4n) is 2.31. The van der Waals surface area contributed by atoms with Gasteiger partial charge in [-0.15, -0.1) is 0 Å². The Kier molecular flexibility index (Phi) is 4.35. The number of methoxy groups -OCH3 is 1. The average molecular weight is 200 g/mol. The van der Waals surface area contributed by atoms with Crippen molar-refractivity contribution >= 4 is 0 Å². The maximum atomic E-state index is 5.68. The number of rotatable bonds is 4. The number of nitrogens with zero attached hydrogens (tertiary/aromatic N) is 1. The van der Waals surface area contributed by atoms with Gasteiger partial charge in [0.05, 0.1) is 5.60 Å². The van der Waals surface area contributed by atoms with Crippen LogP contribution in [0.4, 0.5) is 0 Å². The highest BCUT2D eigenvalue weighted by atomic mass is 16.5. The first kappa shape index (κ1) is 12.0. The van der Waals surface area contributed by atoms with E-state index in [4.69, 9.17) is 10.5 Å². The van der Waals surface area contributed by atoms with Crippen LogP contribution in [0.3, 0.4) is 0 Å². The zero-order valence-corrected chi connectivity index (χ0v) is 9.75. The normalized spacial score (nSPS) is 29.8. The van der Waals surface area contributed by atoms with E-state index in [1.807, 2.05) is 7.11 Å². The molecule has 0 aromatic rings. The Morgan fingerprint density at radius 1 is 1.50 bits per heavy atom. The first-order chi connectivity index (χ1) is 6.63. The van der Waals surface area contributed by atoms with Crippen molar-refractivity contribution < 1.29 is 4.74 Å². The van der Waals surface area contributed by atoms with Gasteiger partial charge < -0.3 is 10.5 Å². The summed E-state index contributed by atoms with van der Waals surface area (Å²) >= 11 is 0. The average Bonchev–Trinajstić information content (AvgIpc) is 2.18. The standard InChI is InChI=1S/C11H24N2O/c1-10(2)13-8-4-5-11(9-13,14-3)6-7-12/h10H,4-9,12H2,1-3H3. The van der Waals surface area contributed by atoms with E-state index in [0.717, 1.165) is 25.9 Å². The summed E-state index contributed by atoms with van der Waals surface area (Å²) in [6.45, 7) is 7.45. The minimum atomic E-state index is 0.0251. The lowest BCUT2D eigenvalue weighted by Crippen LogP contribution is -2.52. The molecule has 14 heavy (non-hydrogen) atoms. The van der Waals surface area contributed by atoms with Gasteiger partial charge in [-0.3, -0.25) is 4.90 Å². The summed E-state index contributed by atoms with van der Waals surface area (Å²) in [5.41, 5.74) is 5.67. The predicted octanol–water partition coefficient (Wildman–Crippen LogP) is 1.22. The van der Waals surface area contributed by atoms with Crippen LogP contribution >= 0.6 is 0 Å². The molecule has 0 amide bonds. The fourth-order valence-corrected chi connectivity index (χ4v) is 2.31. The molecule has 3 heteroatoms. The Hall–Kier alpha value is -0.120. The van der Waals surface area contributed by atoms with Crippen molar-refractivity contribution in [3.63, 3.8) is 0 Å². The van der Waals surface area contributed by atoms with Gasteiger partial charge in [-0.1, -0.05) is 0 Å². The lowest BCUT2D eigenvalue weighted by atomic mass is 9.88. The van der Waals surface area contributed by atoms with Crippen molar-refractivity contribution in [3.05, 3.63) is 0 Å². The molecule has 1 atom stereocenters. The maximum Gasteiger partial charge on any atom is 0.0817 e. The molecule has 0 radical (unpaired) electrons. The number of hydrogen-bond acceptors (Lipinski definition) is 3. The lowest BCUT2D eigenvalue weighted by Gasteiger charge is -2.43. The molecule has 1 heterocycles. The van der Waals surface area contributed by atoms with Gasteiger partial charge in [-0.05, 0) is 46.2 Å². The summed E-state index contributed by atoms with van der Waals surface area (Å²) in [6, 6.07) is 0.614. The van der Waals surface area contributed by atoms with Crippen LogP contribution in [0.2, 0.25) is 0 Å². The molecule has 0 saturated carbocycles. The summed E-state index contributed by atoms with van der Waals surface area (Å²) in [6.07, 6.45) is 3.36. The minimum Gasteiger partial charge on any atom is -0.377 e. The van der Waals surface area contributed by atoms with E-state index in [0.29, 0.717) is 6.04 Å². The summed E-state index contributed by atoms with van der Waals surface area (Å²) in [5.74, 6) is 0. The zero-order chi connectivity index (χ0) is 10.6. The summed E-state index contributed by atoms with van der Waals surface area (Å²) in [5, 5.41) is 0. The van der Waals surface area contributed by atoms with Gasteiger partial charge in [0.2, 0.25) is 0 Å². The minimum absolute atomic E-state index is 0.0251. The number of piperidine rings is 1. The van der Waals surface area contributed by atoms with Crippen molar-refractivity contribution in [3.8, 4) is 0 Å². The Labute approximate surface area is 87.6 Å². The smallest absolute Gasteiger partial charge is 0.0817 e. The molecule has 1 fully saturated rings. The fraction of sp³-hybridized carbons (Fsp3) is 1.00. The van der Waals surface area contributed by atoms with E-state index in [-0.39, 0.29) is 5.60 Å². The van der Waals surface area contributed by atoms with Crippen LogP contribution in [0.15, 0.2) is 0 Å². The first-order valence-corrected chi connectivity index (χ1v) is 5.63. The third-order valence-electron chi connectivity index (χ3n) is 3.33. The van der Waals surface area contributed by atoms with Crippen molar-refractivity contribution in [2.45, 2.75) is 44.8 Å². The van der Waals surface area contributed by atoms with Crippen LogP contribution in [-0.2, 0) is 4.74 Å². The molecule has 1 aliphatic heterocycles. The number of ether oxygens (including phenoxy) is 1. The second-order valence-electron chi connectivity index (χ2n) is 4.59. The highest BCUT2D eigenvalue weighted by molar-refractivity contribution is 4.89. The van der Waals surface area contributed by atoms with Crippen molar-refractivity contribution in [1.29, 1.82) is 0 Å². The molecule has 0 bridgehead atoms. The van der Waals surface area contributed by atoms with E-state index in [9.17, 15) is 0 Å². The van der Waals surface area contributed by atoms with Crippen molar-refractivity contribution in [1.82, 2.24) is 4.90 Å². The van der Waals surface area contributed by atoms with E-state index in [2.05, 4.69) is 18.7 Å². The summed E-state index contributed by atoms with van der Waals surface area (Å²) < 4.78 is 5.68. The molecule has 0 aromatic carbocycles. The third kappa shape index (κ3) is 2.69. The molecule has 0 spiro atoms. The zero-order valence-electron chi connectivity index (χ0n) is 9.75. The van der Waals surface area contributed by atoms with Crippen LogP contribution in [-0.4, -0.2) is 43.3 Å². The lowest BCUT2D eigenvalue weighted by molar-refractivity contribution is -0.0747. The molecular formula is C11H24N2O. The largest absolute Gasteiger partial charge is 0.377 e. The molecule has 2 N–H and O–H groups in total. The second kappa shape index (κ2) is 5.10. The Morgan fingerprint density at radius 2 is 2.21 bits per heavy atom. The quantitative estimate of drug-likeness (QED) is 0.741. The van der Waals surface area contributed by atoms with Gasteiger partial charge >= 0.3 is 0 Å². The molecule has 0 aromatic heterocycles. The van der Waals surface area contributed by atoms with Gasteiger partial charge in [0.1, 0.15) is 0 Å². The van der Waals surface area contributed by atoms with E-state index in [1.54, 1.807) is 0 Å². The molecule has 1 rings (SSSR count). The summed E-state index contributed by atoms with van der Waals surface area (Å²) in [4.78, 5) is 2.49. The predicted molar refractivity (Wildman–Crippen MR) is 59.4 cm³/mol. The Balaban J connectivity index is 2.59. The SMILES string of the molecule is COC1(CCN)CCCN(C(C)C)C1. The highest BCUT2D eigenvalue weighted by Gasteiger charge is 2.35. The topological polar surface area (TPSA) is 38.5 Å². The van der Waals surface area contributed by atoms with Gasteiger partial charge in [-0.25, -0.2) is 0 Å². The van der Waals surface area contributed by atoms with Gasteiger partial charge in [0.15, 0.2) is 0 Å². The van der Waals surface area contributed by atoms with Crippen LogP contribution in [0.5, 0.6) is 0 Å². The van der Waals surface area contributed by atoms with Crippen molar-refractivity contribution in [2.75, 3.05) is 26.7 Å². The van der Waals surface area contributed by atoms with Crippen LogP contribution < -0.4 is 5.73 Å². The molecule has 84 valence electrons. The third-order valence-corrected chi connectivity index (χ3v) is 3.33. The maximum absolute atomic E-state index is 5.68. The van der Waals surface area contributed by atoms with Crippen LogP contribution in [0.25, 0.3) is 0 Å². The Bertz CT molecular complexity index is 169. The van der Waals surface area contributed by atoms with E-state index >= 15 is 0 Å². The molecule has 1 unspecified atom stereocenters. The number of hydrogen-bond donors (Lipinski definition) is 1.